The second-order valence-corrected chi connectivity index (χ2v) is 5.31. The lowest BCUT2D eigenvalue weighted by molar-refractivity contribution is -0.136. The van der Waals surface area contributed by atoms with Crippen LogP contribution in [0.25, 0.3) is 0 Å². The lowest BCUT2D eigenvalue weighted by Crippen LogP contribution is -2.51. The van der Waals surface area contributed by atoms with Crippen molar-refractivity contribution in [3.8, 4) is 0 Å². The van der Waals surface area contributed by atoms with Crippen LogP contribution in [0.5, 0.6) is 0 Å². The number of carbonyl (C=O) groups excluding carboxylic acids is 1. The molecule has 17 heavy (non-hydrogen) atoms. The third-order valence-corrected chi connectivity index (χ3v) is 3.98. The summed E-state index contributed by atoms with van der Waals surface area (Å²) in [5, 5.41) is 12.3. The van der Waals surface area contributed by atoms with Crippen molar-refractivity contribution in [2.24, 2.45) is 5.92 Å². The number of aliphatic hydroxyl groups is 1. The number of aliphatic hydroxyl groups excluding tert-OH is 1. The maximum Gasteiger partial charge on any atom is 0.239 e. The van der Waals surface area contributed by atoms with E-state index in [0.29, 0.717) is 5.92 Å². The molecule has 4 nitrogen and oxygen atoms in total. The molecule has 0 bridgehead atoms. The van der Waals surface area contributed by atoms with Crippen LogP contribution < -0.4 is 5.32 Å². The maximum absolute atomic E-state index is 12.3. The average Bonchev–Trinajstić information content (AvgIpc) is 2.40. The van der Waals surface area contributed by atoms with Crippen LogP contribution in [0.2, 0.25) is 0 Å². The minimum Gasteiger partial charge on any atom is -0.396 e. The average molecular weight is 240 g/mol. The number of nitrogens with one attached hydrogen (secondary N) is 1. The molecule has 2 aliphatic heterocycles. The zero-order valence-corrected chi connectivity index (χ0v) is 10.5. The largest absolute Gasteiger partial charge is 0.396 e. The molecule has 4 heteroatoms. The second kappa shape index (κ2) is 6.36. The third kappa shape index (κ3) is 3.42. The summed E-state index contributed by atoms with van der Waals surface area (Å²) in [6, 6.07) is 0.0524. The number of rotatable bonds is 3. The van der Waals surface area contributed by atoms with Crippen LogP contribution in [0.4, 0.5) is 0 Å². The Morgan fingerprint density at radius 1 is 1.29 bits per heavy atom. The van der Waals surface area contributed by atoms with Crippen LogP contribution in [0.3, 0.4) is 0 Å². The molecule has 2 rings (SSSR count). The van der Waals surface area contributed by atoms with Gasteiger partial charge in [0.25, 0.3) is 0 Å². The highest BCUT2D eigenvalue weighted by atomic mass is 16.3. The Morgan fingerprint density at radius 2 is 2.18 bits per heavy atom. The molecule has 2 saturated heterocycles. The van der Waals surface area contributed by atoms with E-state index in [0.717, 1.165) is 51.7 Å². The number of likely N-dealkylation sites (tertiary alicyclic amines) is 1. The van der Waals surface area contributed by atoms with Gasteiger partial charge >= 0.3 is 0 Å². The van der Waals surface area contributed by atoms with Crippen molar-refractivity contribution in [1.29, 1.82) is 0 Å². The van der Waals surface area contributed by atoms with Gasteiger partial charge in [0.2, 0.25) is 5.91 Å². The minimum absolute atomic E-state index is 0.0524. The van der Waals surface area contributed by atoms with Gasteiger partial charge in [-0.25, -0.2) is 0 Å². The minimum atomic E-state index is 0.0524. The number of carbonyl (C=O) groups is 1. The molecule has 0 aromatic carbocycles. The standard InChI is InChI=1S/C13H24N2O2/c16-9-6-11-4-3-8-15(10-11)13(17)12-5-1-2-7-14-12/h11-12,14,16H,1-10H2/t11?,12-/m0/s1. The molecule has 0 radical (unpaired) electrons. The van der Waals surface area contributed by atoms with Crippen molar-refractivity contribution in [2.75, 3.05) is 26.2 Å². The Morgan fingerprint density at radius 3 is 2.88 bits per heavy atom. The highest BCUT2D eigenvalue weighted by Gasteiger charge is 2.29. The molecule has 2 aliphatic rings. The fourth-order valence-corrected chi connectivity index (χ4v) is 2.97. The van der Waals surface area contributed by atoms with Gasteiger partial charge < -0.3 is 15.3 Å². The quantitative estimate of drug-likeness (QED) is 0.765. The summed E-state index contributed by atoms with van der Waals surface area (Å²) in [5.74, 6) is 0.786. The van der Waals surface area contributed by atoms with Gasteiger partial charge in [-0.05, 0) is 44.6 Å². The number of nitrogens with zero attached hydrogens (tertiary/aromatic N) is 1. The van der Waals surface area contributed by atoms with Crippen molar-refractivity contribution in [2.45, 2.75) is 44.6 Å². The molecule has 2 N–H and O–H groups in total. The smallest absolute Gasteiger partial charge is 0.239 e. The number of amides is 1. The summed E-state index contributed by atoms with van der Waals surface area (Å²) >= 11 is 0. The van der Waals surface area contributed by atoms with E-state index in [1.54, 1.807) is 0 Å². The van der Waals surface area contributed by atoms with Crippen molar-refractivity contribution < 1.29 is 9.90 Å². The van der Waals surface area contributed by atoms with Gasteiger partial charge in [-0.2, -0.15) is 0 Å². The summed E-state index contributed by atoms with van der Waals surface area (Å²) < 4.78 is 0. The van der Waals surface area contributed by atoms with E-state index in [-0.39, 0.29) is 18.6 Å². The lowest BCUT2D eigenvalue weighted by Gasteiger charge is -2.36. The first-order valence-corrected chi connectivity index (χ1v) is 6.94. The molecule has 0 aliphatic carbocycles. The molecular weight excluding hydrogens is 216 g/mol. The third-order valence-electron chi connectivity index (χ3n) is 3.98. The van der Waals surface area contributed by atoms with Crippen LogP contribution in [-0.4, -0.2) is 48.2 Å². The van der Waals surface area contributed by atoms with Crippen LogP contribution in [0.1, 0.15) is 38.5 Å². The predicted octanol–water partition coefficient (Wildman–Crippen LogP) is 0.749. The zero-order valence-electron chi connectivity index (χ0n) is 10.5. The molecule has 98 valence electrons. The fraction of sp³-hybridized carbons (Fsp3) is 0.923. The Balaban J connectivity index is 1.85. The molecule has 2 atom stereocenters. The Hall–Kier alpha value is -0.610. The molecule has 1 amide bonds. The fourth-order valence-electron chi connectivity index (χ4n) is 2.97. The zero-order chi connectivity index (χ0) is 12.1. The lowest BCUT2D eigenvalue weighted by atomic mass is 9.94. The highest BCUT2D eigenvalue weighted by Crippen LogP contribution is 2.21. The summed E-state index contributed by atoms with van der Waals surface area (Å²) in [6.45, 7) is 2.97. The topological polar surface area (TPSA) is 52.6 Å². The number of hydrogen-bond acceptors (Lipinski definition) is 3. The molecule has 1 unspecified atom stereocenters. The van der Waals surface area contributed by atoms with Gasteiger partial charge in [-0.1, -0.05) is 6.42 Å². The van der Waals surface area contributed by atoms with Gasteiger partial charge in [-0.3, -0.25) is 4.79 Å². The van der Waals surface area contributed by atoms with Crippen LogP contribution >= 0.6 is 0 Å². The van der Waals surface area contributed by atoms with Gasteiger partial charge in [0.05, 0.1) is 6.04 Å². The first kappa shape index (κ1) is 12.8. The Bertz CT molecular complexity index is 250. The van der Waals surface area contributed by atoms with Crippen LogP contribution in [0, 0.1) is 5.92 Å². The van der Waals surface area contributed by atoms with E-state index >= 15 is 0 Å². The van der Waals surface area contributed by atoms with E-state index in [1.807, 2.05) is 4.90 Å². The summed E-state index contributed by atoms with van der Waals surface area (Å²) in [6.07, 6.45) is 6.42. The Labute approximate surface area is 103 Å². The van der Waals surface area contributed by atoms with E-state index in [9.17, 15) is 4.79 Å². The number of piperidine rings is 2. The highest BCUT2D eigenvalue weighted by molar-refractivity contribution is 5.82. The van der Waals surface area contributed by atoms with Crippen molar-refractivity contribution in [1.82, 2.24) is 10.2 Å². The Kier molecular flexibility index (Phi) is 4.80. The summed E-state index contributed by atoms with van der Waals surface area (Å²) in [5.41, 5.74) is 0. The molecule has 0 aromatic heterocycles. The van der Waals surface area contributed by atoms with Gasteiger partial charge in [0.1, 0.15) is 0 Å². The molecule has 0 saturated carbocycles. The molecule has 2 heterocycles. The van der Waals surface area contributed by atoms with E-state index in [4.69, 9.17) is 5.11 Å². The first-order valence-electron chi connectivity index (χ1n) is 6.94. The van der Waals surface area contributed by atoms with Crippen molar-refractivity contribution >= 4 is 5.91 Å². The summed E-state index contributed by atoms with van der Waals surface area (Å²) in [7, 11) is 0. The molecular formula is C13H24N2O2. The number of hydrogen-bond donors (Lipinski definition) is 2. The van der Waals surface area contributed by atoms with Crippen LogP contribution in [0.15, 0.2) is 0 Å². The van der Waals surface area contributed by atoms with Gasteiger partial charge in [0, 0.05) is 19.7 Å². The second-order valence-electron chi connectivity index (χ2n) is 5.31. The molecule has 0 spiro atoms. The van der Waals surface area contributed by atoms with Crippen LogP contribution in [-0.2, 0) is 4.79 Å². The molecule has 2 fully saturated rings. The SMILES string of the molecule is O=C([C@@H]1CCCCN1)N1CCCC(CCO)C1. The van der Waals surface area contributed by atoms with Gasteiger partial charge in [-0.15, -0.1) is 0 Å². The maximum atomic E-state index is 12.3. The van der Waals surface area contributed by atoms with Crippen molar-refractivity contribution in [3.05, 3.63) is 0 Å². The van der Waals surface area contributed by atoms with Crippen molar-refractivity contribution in [3.63, 3.8) is 0 Å². The monoisotopic (exact) mass is 240 g/mol. The van der Waals surface area contributed by atoms with Gasteiger partial charge in [0.15, 0.2) is 0 Å². The molecule has 0 aromatic rings. The van der Waals surface area contributed by atoms with E-state index < -0.39 is 0 Å². The van der Waals surface area contributed by atoms with E-state index in [2.05, 4.69) is 5.32 Å². The normalized spacial score (nSPS) is 30.3. The first-order chi connectivity index (χ1) is 8.31. The predicted molar refractivity (Wildman–Crippen MR) is 66.6 cm³/mol. The summed E-state index contributed by atoms with van der Waals surface area (Å²) in [4.78, 5) is 14.3. The van der Waals surface area contributed by atoms with E-state index in [1.165, 1.54) is 6.42 Å².